The van der Waals surface area contributed by atoms with Gasteiger partial charge in [0.05, 0.1) is 16.7 Å². The van der Waals surface area contributed by atoms with Crippen molar-refractivity contribution in [3.8, 4) is 84.5 Å². The molecule has 4 heterocycles. The van der Waals surface area contributed by atoms with E-state index >= 15 is 0 Å². The lowest BCUT2D eigenvalue weighted by atomic mass is 9.87. The summed E-state index contributed by atoms with van der Waals surface area (Å²) in [7, 11) is 0. The molecule has 9 aromatic carbocycles. The molecule has 6 heteroatoms. The first-order chi connectivity index (χ1) is 33.7. The van der Waals surface area contributed by atoms with Crippen LogP contribution in [-0.4, -0.2) is 24.5 Å². The van der Waals surface area contributed by atoms with Gasteiger partial charge in [0.2, 0.25) is 0 Å². The SMILES string of the molecule is c1ccc(-c2nc(-c3ccccc3)nc(-c3cc(-c4c(-c5ccccc5)cccc4-c4ccccc4)cnc3-c3cccc4oc5cc6c7ccccc7n(-c7ccccc7)c6cc5c34)n2)cc1. The Balaban J connectivity index is 1.12. The molecule has 68 heavy (non-hydrogen) atoms. The lowest BCUT2D eigenvalue weighted by molar-refractivity contribution is 0.669. The Morgan fingerprint density at radius 1 is 0.338 bits per heavy atom. The van der Waals surface area contributed by atoms with Crippen LogP contribution in [0.1, 0.15) is 0 Å². The highest BCUT2D eigenvalue weighted by Crippen LogP contribution is 2.46. The fourth-order valence-corrected chi connectivity index (χ4v) is 9.84. The number of fused-ring (bicyclic) bond motifs is 6. The maximum absolute atomic E-state index is 6.83. The van der Waals surface area contributed by atoms with Crippen molar-refractivity contribution in [2.24, 2.45) is 0 Å². The lowest BCUT2D eigenvalue weighted by Gasteiger charge is -2.18. The highest BCUT2D eigenvalue weighted by Gasteiger charge is 2.24. The molecule has 0 bridgehead atoms. The van der Waals surface area contributed by atoms with Crippen LogP contribution in [0.5, 0.6) is 0 Å². The van der Waals surface area contributed by atoms with Crippen molar-refractivity contribution in [1.82, 2.24) is 24.5 Å². The molecule has 6 nitrogen and oxygen atoms in total. The first-order valence-electron chi connectivity index (χ1n) is 22.8. The van der Waals surface area contributed by atoms with Crippen LogP contribution in [0.4, 0.5) is 0 Å². The van der Waals surface area contributed by atoms with E-state index in [1.165, 1.54) is 0 Å². The Hall–Kier alpha value is -9.26. The number of nitrogens with zero attached hydrogens (tertiary/aromatic N) is 5. The average molecular weight is 870 g/mol. The van der Waals surface area contributed by atoms with Crippen molar-refractivity contribution in [3.63, 3.8) is 0 Å². The molecule has 0 atom stereocenters. The maximum atomic E-state index is 6.83. The van der Waals surface area contributed by atoms with Crippen molar-refractivity contribution in [1.29, 1.82) is 0 Å². The minimum Gasteiger partial charge on any atom is -0.456 e. The molecular weight excluding hydrogens is 831 g/mol. The predicted molar refractivity (Wildman–Crippen MR) is 277 cm³/mol. The summed E-state index contributed by atoms with van der Waals surface area (Å²) in [4.78, 5) is 21.3. The van der Waals surface area contributed by atoms with Crippen molar-refractivity contribution in [3.05, 3.63) is 237 Å². The van der Waals surface area contributed by atoms with Gasteiger partial charge in [0.15, 0.2) is 17.5 Å². The molecule has 0 aliphatic carbocycles. The number of aromatic nitrogens is 5. The zero-order valence-electron chi connectivity index (χ0n) is 36.7. The van der Waals surface area contributed by atoms with Gasteiger partial charge in [0, 0.05) is 61.2 Å². The summed E-state index contributed by atoms with van der Waals surface area (Å²) in [6, 6.07) is 80.0. The first-order valence-corrected chi connectivity index (χ1v) is 22.8. The van der Waals surface area contributed by atoms with E-state index in [4.69, 9.17) is 24.4 Å². The van der Waals surface area contributed by atoms with E-state index in [2.05, 4.69) is 168 Å². The highest BCUT2D eigenvalue weighted by molar-refractivity contribution is 6.20. The summed E-state index contributed by atoms with van der Waals surface area (Å²) < 4.78 is 9.18. The van der Waals surface area contributed by atoms with E-state index in [1.807, 2.05) is 72.9 Å². The third-order valence-corrected chi connectivity index (χ3v) is 12.9. The summed E-state index contributed by atoms with van der Waals surface area (Å²) in [5.41, 5.74) is 15.5. The molecule has 0 fully saturated rings. The minimum absolute atomic E-state index is 0.511. The van der Waals surface area contributed by atoms with Gasteiger partial charge in [-0.25, -0.2) is 15.0 Å². The lowest BCUT2D eigenvalue weighted by Crippen LogP contribution is -2.02. The number of rotatable bonds is 8. The van der Waals surface area contributed by atoms with E-state index in [-0.39, 0.29) is 0 Å². The summed E-state index contributed by atoms with van der Waals surface area (Å²) >= 11 is 0. The van der Waals surface area contributed by atoms with Crippen LogP contribution < -0.4 is 0 Å². The van der Waals surface area contributed by atoms with Crippen LogP contribution in [0.25, 0.3) is 128 Å². The molecule has 0 spiro atoms. The van der Waals surface area contributed by atoms with Crippen molar-refractivity contribution < 1.29 is 4.42 Å². The zero-order chi connectivity index (χ0) is 45.0. The third-order valence-electron chi connectivity index (χ3n) is 12.9. The summed E-state index contributed by atoms with van der Waals surface area (Å²) in [6.07, 6.45) is 2.01. The maximum Gasteiger partial charge on any atom is 0.166 e. The summed E-state index contributed by atoms with van der Waals surface area (Å²) in [6.45, 7) is 0. The Morgan fingerprint density at radius 3 is 1.50 bits per heavy atom. The molecule has 0 aliphatic heterocycles. The molecular formula is C62H39N5O. The molecule has 318 valence electrons. The average Bonchev–Trinajstić information content (AvgIpc) is 3.95. The monoisotopic (exact) mass is 869 g/mol. The van der Waals surface area contributed by atoms with Gasteiger partial charge in [-0.2, -0.15) is 0 Å². The van der Waals surface area contributed by atoms with Crippen LogP contribution in [0.15, 0.2) is 241 Å². The molecule has 0 saturated carbocycles. The van der Waals surface area contributed by atoms with Crippen LogP contribution >= 0.6 is 0 Å². The van der Waals surface area contributed by atoms with E-state index in [0.717, 1.165) is 111 Å². The standard InChI is InChI=1S/C62H39N5O/c1-6-20-40(21-7-1)46-31-18-32-47(41-22-8-2-9-23-41)57(46)44-36-52(62-65-60(42-24-10-3-11-25-42)64-61(66-62)43-26-12-4-13-27-43)59(63-39-44)49-33-19-35-55-58(49)51-37-54-50(38-56(51)68-55)48-30-16-17-34-53(48)67(54)45-28-14-5-15-29-45/h1-39H. The Morgan fingerprint density at radius 2 is 0.868 bits per heavy atom. The van der Waals surface area contributed by atoms with Gasteiger partial charge in [-0.15, -0.1) is 0 Å². The Bertz CT molecular complexity index is 3880. The largest absolute Gasteiger partial charge is 0.456 e. The number of benzene rings is 9. The van der Waals surface area contributed by atoms with Crippen LogP contribution in [0.3, 0.4) is 0 Å². The van der Waals surface area contributed by atoms with Crippen LogP contribution in [0.2, 0.25) is 0 Å². The zero-order valence-corrected chi connectivity index (χ0v) is 36.7. The fraction of sp³-hybridized carbons (Fsp3) is 0. The third kappa shape index (κ3) is 6.66. The number of hydrogen-bond donors (Lipinski definition) is 0. The van der Waals surface area contributed by atoms with E-state index in [9.17, 15) is 0 Å². The van der Waals surface area contributed by atoms with Gasteiger partial charge in [-0.05, 0) is 70.3 Å². The van der Waals surface area contributed by atoms with E-state index < -0.39 is 0 Å². The number of para-hydroxylation sites is 2. The quantitative estimate of drug-likeness (QED) is 0.152. The van der Waals surface area contributed by atoms with Gasteiger partial charge >= 0.3 is 0 Å². The van der Waals surface area contributed by atoms with Crippen molar-refractivity contribution in [2.45, 2.75) is 0 Å². The molecule has 0 radical (unpaired) electrons. The fourth-order valence-electron chi connectivity index (χ4n) is 9.84. The van der Waals surface area contributed by atoms with Crippen molar-refractivity contribution in [2.75, 3.05) is 0 Å². The molecule has 0 aliphatic rings. The molecule has 13 rings (SSSR count). The first kappa shape index (κ1) is 39.1. The molecule has 0 saturated heterocycles. The molecule has 0 unspecified atom stereocenters. The van der Waals surface area contributed by atoms with Crippen LogP contribution in [-0.2, 0) is 0 Å². The van der Waals surface area contributed by atoms with Gasteiger partial charge in [-0.1, -0.05) is 188 Å². The Labute approximate surface area is 392 Å². The predicted octanol–water partition coefficient (Wildman–Crippen LogP) is 15.9. The minimum atomic E-state index is 0.511. The normalized spacial score (nSPS) is 11.5. The summed E-state index contributed by atoms with van der Waals surface area (Å²) in [5, 5.41) is 4.24. The molecule has 4 aromatic heterocycles. The van der Waals surface area contributed by atoms with Crippen molar-refractivity contribution >= 4 is 43.7 Å². The van der Waals surface area contributed by atoms with Gasteiger partial charge in [-0.3, -0.25) is 4.98 Å². The molecule has 13 aromatic rings. The van der Waals surface area contributed by atoms with E-state index in [0.29, 0.717) is 17.5 Å². The second-order valence-electron chi connectivity index (χ2n) is 17.0. The summed E-state index contributed by atoms with van der Waals surface area (Å²) in [5.74, 6) is 1.66. The highest BCUT2D eigenvalue weighted by atomic mass is 16.3. The number of furan rings is 1. The number of hydrogen-bond acceptors (Lipinski definition) is 5. The van der Waals surface area contributed by atoms with Gasteiger partial charge in [0.25, 0.3) is 0 Å². The Kier molecular flexibility index (Phi) is 9.39. The smallest absolute Gasteiger partial charge is 0.166 e. The van der Waals surface area contributed by atoms with Crippen LogP contribution in [0, 0.1) is 0 Å². The topological polar surface area (TPSA) is 69.6 Å². The second kappa shape index (κ2) is 16.3. The molecule has 0 N–H and O–H groups in total. The van der Waals surface area contributed by atoms with E-state index in [1.54, 1.807) is 0 Å². The number of pyridine rings is 1. The second-order valence-corrected chi connectivity index (χ2v) is 17.0. The van der Waals surface area contributed by atoms with Gasteiger partial charge < -0.3 is 8.98 Å². The van der Waals surface area contributed by atoms with Gasteiger partial charge in [0.1, 0.15) is 11.2 Å². The molecule has 0 amide bonds.